The highest BCUT2D eigenvalue weighted by molar-refractivity contribution is 5.25. The first-order chi connectivity index (χ1) is 9.40. The van der Waals surface area contributed by atoms with Crippen LogP contribution in [0.4, 0.5) is 13.2 Å². The Morgan fingerprint density at radius 3 is 2.35 bits per heavy atom. The van der Waals surface area contributed by atoms with E-state index in [1.165, 1.54) is 12.8 Å². The molecule has 2 rings (SSSR count). The average molecular weight is 285 g/mol. The van der Waals surface area contributed by atoms with Crippen LogP contribution in [0.2, 0.25) is 0 Å². The monoisotopic (exact) mass is 285 g/mol. The van der Waals surface area contributed by atoms with Gasteiger partial charge in [-0.3, -0.25) is 0 Å². The minimum Gasteiger partial charge on any atom is -0.327 e. The molecular formula is C16H22F3N. The van der Waals surface area contributed by atoms with Gasteiger partial charge in [-0.2, -0.15) is 13.2 Å². The molecule has 0 amide bonds. The summed E-state index contributed by atoms with van der Waals surface area (Å²) in [5.41, 5.74) is 6.53. The Labute approximate surface area is 118 Å². The van der Waals surface area contributed by atoms with Crippen molar-refractivity contribution in [1.29, 1.82) is 0 Å². The Kier molecular flexibility index (Phi) is 4.74. The summed E-state index contributed by atoms with van der Waals surface area (Å²) < 4.78 is 37.5. The molecule has 0 aromatic heterocycles. The first-order valence-corrected chi connectivity index (χ1v) is 7.32. The molecule has 0 spiro atoms. The summed E-state index contributed by atoms with van der Waals surface area (Å²) in [4.78, 5) is 0. The molecule has 3 atom stereocenters. The smallest absolute Gasteiger partial charge is 0.327 e. The minimum absolute atomic E-state index is 0.0586. The van der Waals surface area contributed by atoms with Crippen LogP contribution in [-0.2, 0) is 12.6 Å². The van der Waals surface area contributed by atoms with Crippen LogP contribution < -0.4 is 5.73 Å². The Balaban J connectivity index is 1.93. The number of hydrogen-bond donors (Lipinski definition) is 1. The predicted octanol–water partition coefficient (Wildman–Crippen LogP) is 4.40. The number of hydrogen-bond acceptors (Lipinski definition) is 1. The molecule has 0 saturated heterocycles. The first kappa shape index (κ1) is 15.4. The molecule has 1 saturated carbocycles. The number of rotatable bonds is 4. The van der Waals surface area contributed by atoms with E-state index < -0.39 is 11.7 Å². The van der Waals surface area contributed by atoms with Crippen LogP contribution in [0.15, 0.2) is 24.3 Å². The van der Waals surface area contributed by atoms with Gasteiger partial charge in [0.25, 0.3) is 0 Å². The summed E-state index contributed by atoms with van der Waals surface area (Å²) in [6.45, 7) is 2.20. The third-order valence-corrected chi connectivity index (χ3v) is 4.52. The van der Waals surface area contributed by atoms with Gasteiger partial charge in [0.05, 0.1) is 5.56 Å². The Morgan fingerprint density at radius 1 is 1.20 bits per heavy atom. The zero-order chi connectivity index (χ0) is 14.8. The Morgan fingerprint density at radius 2 is 1.85 bits per heavy atom. The Bertz CT molecular complexity index is 424. The van der Waals surface area contributed by atoms with Crippen molar-refractivity contribution in [3.8, 4) is 0 Å². The second kappa shape index (κ2) is 6.17. The van der Waals surface area contributed by atoms with Gasteiger partial charge in [-0.05, 0) is 48.8 Å². The van der Waals surface area contributed by atoms with E-state index in [4.69, 9.17) is 5.73 Å². The highest BCUT2D eigenvalue weighted by Crippen LogP contribution is 2.35. The van der Waals surface area contributed by atoms with E-state index in [-0.39, 0.29) is 6.04 Å². The van der Waals surface area contributed by atoms with Gasteiger partial charge in [-0.1, -0.05) is 31.9 Å². The average Bonchev–Trinajstić information content (AvgIpc) is 2.87. The van der Waals surface area contributed by atoms with Crippen molar-refractivity contribution in [3.05, 3.63) is 35.4 Å². The quantitative estimate of drug-likeness (QED) is 0.871. The van der Waals surface area contributed by atoms with Gasteiger partial charge < -0.3 is 5.73 Å². The zero-order valence-electron chi connectivity index (χ0n) is 11.8. The molecule has 0 bridgehead atoms. The fourth-order valence-corrected chi connectivity index (χ4v) is 3.14. The van der Waals surface area contributed by atoms with Crippen molar-refractivity contribution >= 4 is 0 Å². The molecule has 0 radical (unpaired) electrons. The Hall–Kier alpha value is -1.03. The van der Waals surface area contributed by atoms with Gasteiger partial charge >= 0.3 is 6.18 Å². The summed E-state index contributed by atoms with van der Waals surface area (Å²) in [6, 6.07) is 5.45. The third kappa shape index (κ3) is 3.75. The van der Waals surface area contributed by atoms with Gasteiger partial charge in [0, 0.05) is 6.04 Å². The maximum atomic E-state index is 12.5. The standard InChI is InChI=1S/C16H22F3N/c1-2-11-3-6-13(9-11)15(20)10-12-4-7-14(8-5-12)16(17,18)19/h4-5,7-8,11,13,15H,2-3,6,9-10,20H2,1H3. The number of alkyl halides is 3. The van der Waals surface area contributed by atoms with Gasteiger partial charge in [0.1, 0.15) is 0 Å². The topological polar surface area (TPSA) is 26.0 Å². The van der Waals surface area contributed by atoms with E-state index in [0.717, 1.165) is 36.5 Å². The van der Waals surface area contributed by atoms with Crippen molar-refractivity contribution in [1.82, 2.24) is 0 Å². The molecule has 1 fully saturated rings. The van der Waals surface area contributed by atoms with E-state index >= 15 is 0 Å². The summed E-state index contributed by atoms with van der Waals surface area (Å²) in [5.74, 6) is 1.29. The van der Waals surface area contributed by atoms with Crippen LogP contribution in [-0.4, -0.2) is 6.04 Å². The summed E-state index contributed by atoms with van der Waals surface area (Å²) in [5, 5.41) is 0. The van der Waals surface area contributed by atoms with Gasteiger partial charge in [-0.25, -0.2) is 0 Å². The van der Waals surface area contributed by atoms with E-state index in [0.29, 0.717) is 12.3 Å². The number of nitrogens with two attached hydrogens (primary N) is 1. The second-order valence-electron chi connectivity index (χ2n) is 5.91. The molecule has 20 heavy (non-hydrogen) atoms. The van der Waals surface area contributed by atoms with Crippen LogP contribution in [0.5, 0.6) is 0 Å². The van der Waals surface area contributed by atoms with E-state index in [1.807, 2.05) is 0 Å². The first-order valence-electron chi connectivity index (χ1n) is 7.32. The molecule has 1 aromatic carbocycles. The maximum Gasteiger partial charge on any atom is 0.416 e. The fourth-order valence-electron chi connectivity index (χ4n) is 3.14. The van der Waals surface area contributed by atoms with Crippen LogP contribution in [0.3, 0.4) is 0 Å². The van der Waals surface area contributed by atoms with E-state index in [9.17, 15) is 13.2 Å². The third-order valence-electron chi connectivity index (χ3n) is 4.52. The predicted molar refractivity (Wildman–Crippen MR) is 74.2 cm³/mol. The molecule has 4 heteroatoms. The second-order valence-corrected chi connectivity index (χ2v) is 5.91. The van der Waals surface area contributed by atoms with Gasteiger partial charge in [0.2, 0.25) is 0 Å². The normalized spacial score (nSPS) is 24.9. The van der Waals surface area contributed by atoms with Crippen molar-refractivity contribution in [2.75, 3.05) is 0 Å². The largest absolute Gasteiger partial charge is 0.416 e. The van der Waals surface area contributed by atoms with E-state index in [1.54, 1.807) is 12.1 Å². The summed E-state index contributed by atoms with van der Waals surface area (Å²) >= 11 is 0. The molecule has 2 N–H and O–H groups in total. The molecule has 1 aromatic rings. The molecule has 0 heterocycles. The van der Waals surface area contributed by atoms with Gasteiger partial charge in [0.15, 0.2) is 0 Å². The number of halogens is 3. The van der Waals surface area contributed by atoms with Crippen molar-refractivity contribution in [2.45, 2.75) is 51.2 Å². The van der Waals surface area contributed by atoms with Gasteiger partial charge in [-0.15, -0.1) is 0 Å². The van der Waals surface area contributed by atoms with Crippen LogP contribution >= 0.6 is 0 Å². The molecule has 1 aliphatic carbocycles. The molecule has 112 valence electrons. The van der Waals surface area contributed by atoms with Crippen LogP contribution in [0, 0.1) is 11.8 Å². The van der Waals surface area contributed by atoms with E-state index in [2.05, 4.69) is 6.92 Å². The maximum absolute atomic E-state index is 12.5. The van der Waals surface area contributed by atoms with Crippen LogP contribution in [0.25, 0.3) is 0 Å². The fraction of sp³-hybridized carbons (Fsp3) is 0.625. The van der Waals surface area contributed by atoms with Crippen molar-refractivity contribution in [3.63, 3.8) is 0 Å². The highest BCUT2D eigenvalue weighted by Gasteiger charge is 2.30. The molecule has 0 aliphatic heterocycles. The lowest BCUT2D eigenvalue weighted by Gasteiger charge is -2.19. The SMILES string of the molecule is CCC1CCC(C(N)Cc2ccc(C(F)(F)F)cc2)C1. The molecule has 1 nitrogen and oxygen atoms in total. The lowest BCUT2D eigenvalue weighted by Crippen LogP contribution is -2.31. The highest BCUT2D eigenvalue weighted by atomic mass is 19.4. The molecular weight excluding hydrogens is 263 g/mol. The van der Waals surface area contributed by atoms with Crippen LogP contribution in [0.1, 0.15) is 43.7 Å². The zero-order valence-corrected chi connectivity index (χ0v) is 11.8. The molecule has 3 unspecified atom stereocenters. The number of benzene rings is 1. The minimum atomic E-state index is -4.26. The summed E-state index contributed by atoms with van der Waals surface area (Å²) in [6.07, 6.45) is 1.16. The van der Waals surface area contributed by atoms with Crippen molar-refractivity contribution in [2.24, 2.45) is 17.6 Å². The lowest BCUT2D eigenvalue weighted by atomic mass is 9.91. The molecule has 1 aliphatic rings. The lowest BCUT2D eigenvalue weighted by molar-refractivity contribution is -0.137. The van der Waals surface area contributed by atoms with Crippen molar-refractivity contribution < 1.29 is 13.2 Å². The summed E-state index contributed by atoms with van der Waals surface area (Å²) in [7, 11) is 0.